The van der Waals surface area contributed by atoms with Crippen LogP contribution in [0.2, 0.25) is 5.28 Å². The molecule has 0 unspecified atom stereocenters. The average Bonchev–Trinajstić information content (AvgIpc) is 2.82. The van der Waals surface area contributed by atoms with Gasteiger partial charge in [-0.25, -0.2) is 0 Å². The van der Waals surface area contributed by atoms with Gasteiger partial charge in [-0.3, -0.25) is 4.57 Å². The summed E-state index contributed by atoms with van der Waals surface area (Å²) in [5.41, 5.74) is 1.00. The van der Waals surface area contributed by atoms with Crippen LogP contribution in [-0.2, 0) is 0 Å². The Morgan fingerprint density at radius 1 is 1.05 bits per heavy atom. The van der Waals surface area contributed by atoms with Gasteiger partial charge in [-0.05, 0) is 29.1 Å². The molecule has 3 rings (SSSR count). The molecule has 2 aromatic carbocycles. The maximum Gasteiger partial charge on any atom is 0.229 e. The van der Waals surface area contributed by atoms with Gasteiger partial charge in [0.25, 0.3) is 0 Å². The van der Waals surface area contributed by atoms with Crippen LogP contribution in [0.15, 0.2) is 40.9 Å². The minimum Gasteiger partial charge on any atom is -0.269 e. The Kier molecular flexibility index (Phi) is 3.52. The molecule has 0 radical (unpaired) electrons. The van der Waals surface area contributed by atoms with Crippen molar-refractivity contribution >= 4 is 38.3 Å². The number of halogens is 2. The van der Waals surface area contributed by atoms with Crippen LogP contribution >= 0.6 is 27.5 Å². The van der Waals surface area contributed by atoms with Crippen LogP contribution in [0.4, 0.5) is 0 Å². The number of benzene rings is 2. The Labute approximate surface area is 130 Å². The fourth-order valence-corrected chi connectivity index (χ4v) is 3.01. The first kappa shape index (κ1) is 13.6. The van der Waals surface area contributed by atoms with Crippen molar-refractivity contribution in [1.29, 1.82) is 0 Å². The highest BCUT2D eigenvalue weighted by Gasteiger charge is 2.17. The summed E-state index contributed by atoms with van der Waals surface area (Å²) in [4.78, 5) is 0. The fraction of sp³-hybridized carbons (Fsp3) is 0.200. The van der Waals surface area contributed by atoms with Gasteiger partial charge in [0.1, 0.15) is 5.82 Å². The summed E-state index contributed by atoms with van der Waals surface area (Å²) < 4.78 is 2.98. The maximum absolute atomic E-state index is 6.24. The molecule has 0 aliphatic heterocycles. The Morgan fingerprint density at radius 2 is 1.75 bits per heavy atom. The molecule has 0 bridgehead atoms. The minimum absolute atomic E-state index is 0.248. The first-order chi connectivity index (χ1) is 9.59. The number of fused-ring (bicyclic) bond motifs is 1. The van der Waals surface area contributed by atoms with Gasteiger partial charge in [0.05, 0.1) is 5.69 Å². The van der Waals surface area contributed by atoms with E-state index in [4.69, 9.17) is 11.6 Å². The smallest absolute Gasteiger partial charge is 0.229 e. The number of rotatable bonds is 2. The molecule has 0 atom stereocenters. The van der Waals surface area contributed by atoms with Crippen LogP contribution in [0.5, 0.6) is 0 Å². The van der Waals surface area contributed by atoms with Crippen molar-refractivity contribution < 1.29 is 0 Å². The molecule has 3 aromatic rings. The van der Waals surface area contributed by atoms with Crippen molar-refractivity contribution in [2.45, 2.75) is 19.8 Å². The summed E-state index contributed by atoms with van der Waals surface area (Å²) in [6.07, 6.45) is 0. The normalized spacial score (nSPS) is 11.4. The first-order valence-electron chi connectivity index (χ1n) is 6.38. The molecule has 0 saturated heterocycles. The SMILES string of the molecule is CC(C)c1nnc(Cl)n1-c1ccc(Br)c2ccccc12. The molecule has 0 N–H and O–H groups in total. The molecular weight excluding hydrogens is 338 g/mol. The number of hydrogen-bond donors (Lipinski definition) is 0. The van der Waals surface area contributed by atoms with Crippen molar-refractivity contribution in [3.63, 3.8) is 0 Å². The quantitative estimate of drug-likeness (QED) is 0.654. The van der Waals surface area contributed by atoms with Gasteiger partial charge in [0.15, 0.2) is 0 Å². The summed E-state index contributed by atoms with van der Waals surface area (Å²) >= 11 is 9.83. The predicted octanol–water partition coefficient (Wildman–Crippen LogP) is 4.96. The maximum atomic E-state index is 6.24. The largest absolute Gasteiger partial charge is 0.269 e. The molecular formula is C15H13BrClN3. The lowest BCUT2D eigenvalue weighted by Crippen LogP contribution is -2.04. The fourth-order valence-electron chi connectivity index (χ4n) is 2.31. The topological polar surface area (TPSA) is 30.7 Å². The Morgan fingerprint density at radius 3 is 2.45 bits per heavy atom. The van der Waals surface area contributed by atoms with Crippen LogP contribution in [0, 0.1) is 0 Å². The van der Waals surface area contributed by atoms with E-state index < -0.39 is 0 Å². The van der Waals surface area contributed by atoms with E-state index in [2.05, 4.69) is 52.1 Å². The second-order valence-corrected chi connectivity index (χ2v) is 6.12. The molecule has 0 aliphatic rings. The zero-order valence-corrected chi connectivity index (χ0v) is 13.5. The summed E-state index contributed by atoms with van der Waals surface area (Å²) in [5, 5.41) is 10.8. The average molecular weight is 351 g/mol. The molecule has 0 spiro atoms. The zero-order chi connectivity index (χ0) is 14.3. The molecule has 1 heterocycles. The third-order valence-corrected chi connectivity index (χ3v) is 4.19. The number of aromatic nitrogens is 3. The lowest BCUT2D eigenvalue weighted by molar-refractivity contribution is 0.747. The van der Waals surface area contributed by atoms with Gasteiger partial charge in [0.2, 0.25) is 5.28 Å². The van der Waals surface area contributed by atoms with Gasteiger partial charge in [0, 0.05) is 15.8 Å². The highest BCUT2D eigenvalue weighted by Crippen LogP contribution is 2.32. The summed E-state index contributed by atoms with van der Waals surface area (Å²) in [6, 6.07) is 12.3. The van der Waals surface area contributed by atoms with E-state index in [0.29, 0.717) is 5.28 Å². The van der Waals surface area contributed by atoms with E-state index in [-0.39, 0.29) is 5.92 Å². The summed E-state index contributed by atoms with van der Waals surface area (Å²) in [7, 11) is 0. The van der Waals surface area contributed by atoms with Crippen LogP contribution in [-0.4, -0.2) is 14.8 Å². The Hall–Kier alpha value is -1.39. The zero-order valence-electron chi connectivity index (χ0n) is 11.1. The molecule has 0 amide bonds. The highest BCUT2D eigenvalue weighted by molar-refractivity contribution is 9.10. The molecule has 0 fully saturated rings. The van der Waals surface area contributed by atoms with Crippen LogP contribution in [0.3, 0.4) is 0 Å². The van der Waals surface area contributed by atoms with E-state index in [9.17, 15) is 0 Å². The first-order valence-corrected chi connectivity index (χ1v) is 7.55. The van der Waals surface area contributed by atoms with E-state index in [1.165, 1.54) is 0 Å². The van der Waals surface area contributed by atoms with Crippen molar-refractivity contribution in [3.8, 4) is 5.69 Å². The van der Waals surface area contributed by atoms with Crippen LogP contribution < -0.4 is 0 Å². The Balaban J connectivity index is 2.36. The molecule has 5 heteroatoms. The molecule has 20 heavy (non-hydrogen) atoms. The van der Waals surface area contributed by atoms with Crippen molar-refractivity contribution in [1.82, 2.24) is 14.8 Å². The lowest BCUT2D eigenvalue weighted by Gasteiger charge is -2.13. The van der Waals surface area contributed by atoms with Gasteiger partial charge in [-0.1, -0.05) is 54.0 Å². The van der Waals surface area contributed by atoms with Gasteiger partial charge < -0.3 is 0 Å². The number of hydrogen-bond acceptors (Lipinski definition) is 2. The molecule has 0 saturated carbocycles. The molecule has 1 aromatic heterocycles. The van der Waals surface area contributed by atoms with E-state index in [1.54, 1.807) is 0 Å². The van der Waals surface area contributed by atoms with E-state index in [1.807, 2.05) is 28.8 Å². The second-order valence-electron chi connectivity index (χ2n) is 4.93. The number of nitrogens with zero attached hydrogens (tertiary/aromatic N) is 3. The monoisotopic (exact) mass is 349 g/mol. The van der Waals surface area contributed by atoms with E-state index in [0.717, 1.165) is 26.8 Å². The van der Waals surface area contributed by atoms with Crippen molar-refractivity contribution in [2.24, 2.45) is 0 Å². The lowest BCUT2D eigenvalue weighted by atomic mass is 10.1. The molecule has 102 valence electrons. The van der Waals surface area contributed by atoms with Gasteiger partial charge >= 0.3 is 0 Å². The van der Waals surface area contributed by atoms with E-state index >= 15 is 0 Å². The Bertz CT molecular complexity index is 780. The predicted molar refractivity (Wildman–Crippen MR) is 85.7 cm³/mol. The molecule has 3 nitrogen and oxygen atoms in total. The third-order valence-electron chi connectivity index (χ3n) is 3.25. The second kappa shape index (κ2) is 5.19. The molecule has 0 aliphatic carbocycles. The van der Waals surface area contributed by atoms with Crippen molar-refractivity contribution in [3.05, 3.63) is 52.0 Å². The summed E-state index contributed by atoms with van der Waals surface area (Å²) in [6.45, 7) is 4.16. The van der Waals surface area contributed by atoms with Gasteiger partial charge in [-0.2, -0.15) is 0 Å². The van der Waals surface area contributed by atoms with Crippen molar-refractivity contribution in [2.75, 3.05) is 0 Å². The summed E-state index contributed by atoms with van der Waals surface area (Å²) in [5.74, 6) is 1.11. The third kappa shape index (κ3) is 2.13. The highest BCUT2D eigenvalue weighted by atomic mass is 79.9. The standard InChI is InChI=1S/C15H13BrClN3/c1-9(2)14-18-19-15(17)20(14)13-8-7-12(16)10-5-3-4-6-11(10)13/h3-9H,1-2H3. The minimum atomic E-state index is 0.248. The van der Waals surface area contributed by atoms with Crippen LogP contribution in [0.1, 0.15) is 25.6 Å². The van der Waals surface area contributed by atoms with Gasteiger partial charge in [-0.15, -0.1) is 10.2 Å². The van der Waals surface area contributed by atoms with Crippen LogP contribution in [0.25, 0.3) is 16.5 Å².